The average molecular weight is 713 g/mol. The Labute approximate surface area is 305 Å². The van der Waals surface area contributed by atoms with Crippen LogP contribution in [0.1, 0.15) is 33.4 Å². The SMILES string of the molecule is Cc1cc(Oc2cc(C)c(OCC3CO3)c(C)c2)cc(C)c1OCC1CO1.Cc1cc(Oc2ccc(OCC3CO3)c(C)c2)ccc1OCC1CO1. The first-order valence-corrected chi connectivity index (χ1v) is 17.9. The number of benzene rings is 4. The minimum absolute atomic E-state index is 0.248. The third-order valence-corrected chi connectivity index (χ3v) is 8.92. The number of epoxide rings is 4. The molecule has 0 spiro atoms. The Balaban J connectivity index is 0.000000162. The molecular weight excluding hydrogens is 664 g/mol. The Morgan fingerprint density at radius 3 is 1.00 bits per heavy atom. The third-order valence-electron chi connectivity index (χ3n) is 8.92. The van der Waals surface area contributed by atoms with Crippen LogP contribution in [0.5, 0.6) is 46.0 Å². The molecule has 0 N–H and O–H groups in total. The van der Waals surface area contributed by atoms with Crippen LogP contribution < -0.4 is 28.4 Å². The van der Waals surface area contributed by atoms with Gasteiger partial charge in [-0.1, -0.05) is 0 Å². The smallest absolute Gasteiger partial charge is 0.128 e. The summed E-state index contributed by atoms with van der Waals surface area (Å²) in [5.74, 6) is 6.74. The van der Waals surface area contributed by atoms with Gasteiger partial charge in [0.05, 0.1) is 26.4 Å². The summed E-state index contributed by atoms with van der Waals surface area (Å²) >= 11 is 0. The lowest BCUT2D eigenvalue weighted by molar-refractivity contribution is 0.260. The van der Waals surface area contributed by atoms with Gasteiger partial charge in [0, 0.05) is 0 Å². The molecule has 0 aromatic heterocycles. The van der Waals surface area contributed by atoms with Crippen LogP contribution in [0.4, 0.5) is 0 Å². The first kappa shape index (κ1) is 35.9. The summed E-state index contributed by atoms with van der Waals surface area (Å²) in [4.78, 5) is 0. The van der Waals surface area contributed by atoms with E-state index in [1.807, 2.05) is 102 Å². The molecule has 4 fully saturated rings. The molecule has 4 aromatic carbocycles. The summed E-state index contributed by atoms with van der Waals surface area (Å²) in [6.07, 6.45) is 1.01. The maximum atomic E-state index is 6.13. The normalized spacial score (nSPS) is 20.6. The summed E-state index contributed by atoms with van der Waals surface area (Å²) in [7, 11) is 0. The lowest BCUT2D eigenvalue weighted by atomic mass is 10.1. The molecule has 0 aliphatic carbocycles. The van der Waals surface area contributed by atoms with Crippen LogP contribution in [0.25, 0.3) is 0 Å². The second kappa shape index (κ2) is 16.0. The molecule has 4 unspecified atom stereocenters. The molecule has 4 heterocycles. The van der Waals surface area contributed by atoms with Crippen LogP contribution >= 0.6 is 0 Å². The van der Waals surface area contributed by atoms with E-state index in [1.165, 1.54) is 0 Å². The molecular formula is C42H48O10. The van der Waals surface area contributed by atoms with Gasteiger partial charge in [-0.05, 0) is 136 Å². The van der Waals surface area contributed by atoms with Gasteiger partial charge in [0.15, 0.2) is 0 Å². The number of aryl methyl sites for hydroxylation is 6. The molecule has 0 saturated carbocycles. The number of hydrogen-bond donors (Lipinski definition) is 0. The van der Waals surface area contributed by atoms with E-state index in [4.69, 9.17) is 47.4 Å². The van der Waals surface area contributed by atoms with Gasteiger partial charge in [-0.2, -0.15) is 0 Å². The maximum absolute atomic E-state index is 6.13. The lowest BCUT2D eigenvalue weighted by Gasteiger charge is -2.16. The highest BCUT2D eigenvalue weighted by molar-refractivity contribution is 5.50. The number of rotatable bonds is 16. The molecule has 8 rings (SSSR count). The number of hydrogen-bond acceptors (Lipinski definition) is 10. The molecule has 4 atom stereocenters. The van der Waals surface area contributed by atoms with E-state index in [0.717, 1.165) is 106 Å². The highest BCUT2D eigenvalue weighted by atomic mass is 16.6. The Hall–Kier alpha value is -4.48. The lowest BCUT2D eigenvalue weighted by Crippen LogP contribution is -2.07. The highest BCUT2D eigenvalue weighted by Crippen LogP contribution is 2.35. The van der Waals surface area contributed by atoms with E-state index in [9.17, 15) is 0 Å². The minimum Gasteiger partial charge on any atom is -0.491 e. The highest BCUT2D eigenvalue weighted by Gasteiger charge is 2.26. The number of ether oxygens (including phenoxy) is 10. The third kappa shape index (κ3) is 10.3. The summed E-state index contributed by atoms with van der Waals surface area (Å²) in [6.45, 7) is 17.8. The van der Waals surface area contributed by atoms with Crippen molar-refractivity contribution < 1.29 is 47.4 Å². The van der Waals surface area contributed by atoms with Crippen molar-refractivity contribution >= 4 is 0 Å². The van der Waals surface area contributed by atoms with Crippen molar-refractivity contribution in [2.24, 2.45) is 0 Å². The van der Waals surface area contributed by atoms with E-state index in [0.29, 0.717) is 26.4 Å². The van der Waals surface area contributed by atoms with Crippen LogP contribution in [0.3, 0.4) is 0 Å². The molecule has 0 bridgehead atoms. The predicted molar refractivity (Wildman–Crippen MR) is 195 cm³/mol. The van der Waals surface area contributed by atoms with Gasteiger partial charge in [-0.15, -0.1) is 0 Å². The van der Waals surface area contributed by atoms with Gasteiger partial charge in [0.1, 0.15) is 96.8 Å². The van der Waals surface area contributed by atoms with E-state index in [-0.39, 0.29) is 24.4 Å². The molecule has 0 radical (unpaired) electrons. The fourth-order valence-corrected chi connectivity index (χ4v) is 5.74. The largest absolute Gasteiger partial charge is 0.491 e. The second-order valence-electron chi connectivity index (χ2n) is 13.9. The van der Waals surface area contributed by atoms with Crippen LogP contribution in [-0.2, 0) is 18.9 Å². The van der Waals surface area contributed by atoms with Crippen molar-refractivity contribution in [1.82, 2.24) is 0 Å². The summed E-state index contributed by atoms with van der Waals surface area (Å²) in [5, 5.41) is 0. The molecule has 52 heavy (non-hydrogen) atoms. The first-order chi connectivity index (χ1) is 25.2. The average Bonchev–Trinajstić information content (AvgIpc) is 3.87. The van der Waals surface area contributed by atoms with Crippen molar-refractivity contribution in [1.29, 1.82) is 0 Å². The molecule has 10 nitrogen and oxygen atoms in total. The molecule has 276 valence electrons. The molecule has 4 aliphatic heterocycles. The summed E-state index contributed by atoms with van der Waals surface area (Å²) in [6, 6.07) is 19.7. The van der Waals surface area contributed by atoms with Crippen molar-refractivity contribution in [3.8, 4) is 46.0 Å². The zero-order chi connectivity index (χ0) is 36.2. The standard InChI is InChI=1S/C22H26O5.C20H22O5/c1-13-5-17(6-14(2)21(13)25-11-19-9-23-19)27-18-7-15(3)22(16(4)8-18)26-12-20-10-24-20;1-13-7-15(3-5-19(13)23-11-17-9-21-17)25-16-4-6-20(14(2)8-16)24-12-18-10-22-18/h5-8,19-20H,9-12H2,1-4H3;3-8,17-18H,9-12H2,1-2H3. The molecule has 10 heteroatoms. The van der Waals surface area contributed by atoms with Crippen molar-refractivity contribution in [2.75, 3.05) is 52.9 Å². The summed E-state index contributed by atoms with van der Waals surface area (Å²) in [5.41, 5.74) is 6.32. The predicted octanol–water partition coefficient (Wildman–Crippen LogP) is 7.92. The van der Waals surface area contributed by atoms with Crippen LogP contribution in [-0.4, -0.2) is 77.3 Å². The molecule has 4 aliphatic rings. The molecule has 4 saturated heterocycles. The Kier molecular flexibility index (Phi) is 11.1. The van der Waals surface area contributed by atoms with Gasteiger partial charge in [0.25, 0.3) is 0 Å². The van der Waals surface area contributed by atoms with Gasteiger partial charge >= 0.3 is 0 Å². The maximum Gasteiger partial charge on any atom is 0.128 e. The monoisotopic (exact) mass is 712 g/mol. The first-order valence-electron chi connectivity index (χ1n) is 17.9. The Morgan fingerprint density at radius 1 is 0.404 bits per heavy atom. The van der Waals surface area contributed by atoms with E-state index >= 15 is 0 Å². The topological polar surface area (TPSA) is 106 Å². The Bertz CT molecular complexity index is 1680. The van der Waals surface area contributed by atoms with Gasteiger partial charge < -0.3 is 47.4 Å². The quantitative estimate of drug-likeness (QED) is 0.106. The van der Waals surface area contributed by atoms with Gasteiger partial charge in [-0.3, -0.25) is 0 Å². The fraction of sp³-hybridized carbons (Fsp3) is 0.429. The minimum atomic E-state index is 0.248. The molecule has 4 aromatic rings. The van der Waals surface area contributed by atoms with Crippen molar-refractivity contribution in [2.45, 2.75) is 66.0 Å². The summed E-state index contributed by atoms with van der Waals surface area (Å²) < 4.78 is 56.1. The molecule has 0 amide bonds. The van der Waals surface area contributed by atoms with Crippen LogP contribution in [0.15, 0.2) is 60.7 Å². The van der Waals surface area contributed by atoms with Gasteiger partial charge in [0.2, 0.25) is 0 Å². The fourth-order valence-electron chi connectivity index (χ4n) is 5.74. The van der Waals surface area contributed by atoms with Gasteiger partial charge in [-0.25, -0.2) is 0 Å². The van der Waals surface area contributed by atoms with Crippen molar-refractivity contribution in [3.63, 3.8) is 0 Å². The van der Waals surface area contributed by atoms with Crippen molar-refractivity contribution in [3.05, 3.63) is 94.0 Å². The zero-order valence-electron chi connectivity index (χ0n) is 30.8. The second-order valence-corrected chi connectivity index (χ2v) is 13.9. The van der Waals surface area contributed by atoms with Crippen LogP contribution in [0.2, 0.25) is 0 Å². The van der Waals surface area contributed by atoms with E-state index in [2.05, 4.69) is 0 Å². The Morgan fingerprint density at radius 2 is 0.692 bits per heavy atom. The van der Waals surface area contributed by atoms with Crippen LogP contribution in [0, 0.1) is 41.5 Å². The zero-order valence-corrected chi connectivity index (χ0v) is 30.8. The van der Waals surface area contributed by atoms with E-state index in [1.54, 1.807) is 0 Å². The van der Waals surface area contributed by atoms with E-state index < -0.39 is 0 Å².